The number of aliphatic hydroxyl groups is 1. The van der Waals surface area contributed by atoms with Crippen LogP contribution >= 0.6 is 0 Å². The van der Waals surface area contributed by atoms with Crippen LogP contribution in [0.3, 0.4) is 0 Å². The van der Waals surface area contributed by atoms with Gasteiger partial charge in [0.15, 0.2) is 0 Å². The van der Waals surface area contributed by atoms with Crippen LogP contribution in [0, 0.1) is 13.8 Å². The molecule has 0 saturated heterocycles. The summed E-state index contributed by atoms with van der Waals surface area (Å²) in [5, 5.41) is 10.6. The quantitative estimate of drug-likeness (QED) is 0.715. The van der Waals surface area contributed by atoms with E-state index in [-0.39, 0.29) is 0 Å². The molecule has 1 nitrogen and oxygen atoms in total. The lowest BCUT2D eigenvalue weighted by Crippen LogP contribution is -2.02. The maximum atomic E-state index is 10.6. The Morgan fingerprint density at radius 1 is 0.727 bits per heavy atom. The minimum atomic E-state index is -0.578. The summed E-state index contributed by atoms with van der Waals surface area (Å²) in [6, 6.07) is 24.6. The second-order valence-corrected chi connectivity index (χ2v) is 5.75. The molecule has 0 heterocycles. The van der Waals surface area contributed by atoms with Crippen LogP contribution in [0.1, 0.15) is 28.4 Å². The minimum absolute atomic E-state index is 0.578. The monoisotopic (exact) mass is 288 g/mol. The van der Waals surface area contributed by atoms with E-state index in [1.807, 2.05) is 49.4 Å². The van der Waals surface area contributed by atoms with Gasteiger partial charge in [-0.2, -0.15) is 0 Å². The standard InChI is InChI=1S/C21H20O/c1-15-8-13-20(16(2)14-15)21(22)19-11-9-18(10-12-19)17-6-4-3-5-7-17/h3-14,21-22H,1-2H3/t21-/m1/s1. The Kier molecular flexibility index (Phi) is 4.08. The maximum absolute atomic E-state index is 10.6. The molecule has 0 aliphatic heterocycles. The number of aliphatic hydroxyl groups excluding tert-OH is 1. The first-order valence-corrected chi connectivity index (χ1v) is 7.56. The third-order valence-corrected chi connectivity index (χ3v) is 4.05. The van der Waals surface area contributed by atoms with Gasteiger partial charge in [0, 0.05) is 0 Å². The van der Waals surface area contributed by atoms with Crippen molar-refractivity contribution in [2.75, 3.05) is 0 Å². The van der Waals surface area contributed by atoms with Crippen molar-refractivity contribution in [1.29, 1.82) is 0 Å². The summed E-state index contributed by atoms with van der Waals surface area (Å²) in [7, 11) is 0. The Balaban J connectivity index is 1.89. The molecule has 3 aromatic rings. The zero-order chi connectivity index (χ0) is 15.5. The van der Waals surface area contributed by atoms with Crippen LogP contribution < -0.4 is 0 Å². The Bertz CT molecular complexity index is 758. The van der Waals surface area contributed by atoms with E-state index in [1.165, 1.54) is 11.1 Å². The van der Waals surface area contributed by atoms with Crippen LogP contribution in [-0.2, 0) is 0 Å². The van der Waals surface area contributed by atoms with Gasteiger partial charge in [-0.3, -0.25) is 0 Å². The highest BCUT2D eigenvalue weighted by Crippen LogP contribution is 2.27. The van der Waals surface area contributed by atoms with Gasteiger partial charge in [-0.05, 0) is 41.7 Å². The van der Waals surface area contributed by atoms with E-state index in [0.29, 0.717) is 0 Å². The van der Waals surface area contributed by atoms with Crippen LogP contribution in [0.25, 0.3) is 11.1 Å². The first-order valence-electron chi connectivity index (χ1n) is 7.56. The molecule has 22 heavy (non-hydrogen) atoms. The van der Waals surface area contributed by atoms with E-state index in [4.69, 9.17) is 0 Å². The van der Waals surface area contributed by atoms with Gasteiger partial charge in [0.05, 0.1) is 0 Å². The fraction of sp³-hybridized carbons (Fsp3) is 0.143. The molecule has 0 saturated carbocycles. The molecule has 0 unspecified atom stereocenters. The molecule has 0 aliphatic rings. The summed E-state index contributed by atoms with van der Waals surface area (Å²) in [4.78, 5) is 0. The Morgan fingerprint density at radius 2 is 1.36 bits per heavy atom. The molecule has 1 N–H and O–H groups in total. The van der Waals surface area contributed by atoms with Crippen LogP contribution in [0.15, 0.2) is 72.8 Å². The molecule has 0 amide bonds. The zero-order valence-corrected chi connectivity index (χ0v) is 13.0. The van der Waals surface area contributed by atoms with Crippen molar-refractivity contribution in [2.45, 2.75) is 20.0 Å². The molecule has 0 aliphatic carbocycles. The predicted molar refractivity (Wildman–Crippen MR) is 91.9 cm³/mol. The predicted octanol–water partition coefficient (Wildman–Crippen LogP) is 5.05. The van der Waals surface area contributed by atoms with Crippen LogP contribution in [0.2, 0.25) is 0 Å². The summed E-state index contributed by atoms with van der Waals surface area (Å²) in [5.41, 5.74) is 6.59. The van der Waals surface area contributed by atoms with Crippen LogP contribution in [0.5, 0.6) is 0 Å². The molecular formula is C21H20O. The molecular weight excluding hydrogens is 268 g/mol. The second kappa shape index (κ2) is 6.17. The number of rotatable bonds is 3. The van der Waals surface area contributed by atoms with Gasteiger partial charge < -0.3 is 5.11 Å². The van der Waals surface area contributed by atoms with Gasteiger partial charge >= 0.3 is 0 Å². The molecule has 0 radical (unpaired) electrons. The minimum Gasteiger partial charge on any atom is -0.384 e. The molecule has 3 rings (SSSR count). The van der Waals surface area contributed by atoms with Crippen LogP contribution in [0.4, 0.5) is 0 Å². The molecule has 0 bridgehead atoms. The van der Waals surface area contributed by atoms with E-state index >= 15 is 0 Å². The lowest BCUT2D eigenvalue weighted by molar-refractivity contribution is 0.219. The zero-order valence-electron chi connectivity index (χ0n) is 13.0. The summed E-state index contributed by atoms with van der Waals surface area (Å²) in [6.45, 7) is 4.11. The third-order valence-electron chi connectivity index (χ3n) is 4.05. The van der Waals surface area contributed by atoms with Gasteiger partial charge in [0.25, 0.3) is 0 Å². The van der Waals surface area contributed by atoms with E-state index < -0.39 is 6.10 Å². The number of hydrogen-bond donors (Lipinski definition) is 1. The van der Waals surface area contributed by atoms with Crippen LogP contribution in [-0.4, -0.2) is 5.11 Å². The molecule has 1 heteroatoms. The lowest BCUT2D eigenvalue weighted by atomic mass is 9.95. The van der Waals surface area contributed by atoms with Crippen molar-refractivity contribution in [3.8, 4) is 11.1 Å². The number of hydrogen-bond acceptors (Lipinski definition) is 1. The van der Waals surface area contributed by atoms with Gasteiger partial charge in [-0.25, -0.2) is 0 Å². The molecule has 1 atom stereocenters. The summed E-state index contributed by atoms with van der Waals surface area (Å²) >= 11 is 0. The van der Waals surface area contributed by atoms with Crippen molar-refractivity contribution in [2.24, 2.45) is 0 Å². The molecule has 110 valence electrons. The normalized spacial score (nSPS) is 12.1. The van der Waals surface area contributed by atoms with Crippen molar-refractivity contribution < 1.29 is 5.11 Å². The van der Waals surface area contributed by atoms with E-state index in [0.717, 1.165) is 22.3 Å². The highest BCUT2D eigenvalue weighted by molar-refractivity contribution is 5.63. The molecule has 0 spiro atoms. The Hall–Kier alpha value is -2.38. The number of benzene rings is 3. The average Bonchev–Trinajstić information content (AvgIpc) is 2.55. The smallest absolute Gasteiger partial charge is 0.104 e. The number of aryl methyl sites for hydroxylation is 2. The fourth-order valence-electron chi connectivity index (χ4n) is 2.80. The summed E-state index contributed by atoms with van der Waals surface area (Å²) in [6.07, 6.45) is -0.578. The highest BCUT2D eigenvalue weighted by atomic mass is 16.3. The van der Waals surface area contributed by atoms with Crippen molar-refractivity contribution in [3.05, 3.63) is 95.1 Å². The second-order valence-electron chi connectivity index (χ2n) is 5.75. The Morgan fingerprint density at radius 3 is 2.00 bits per heavy atom. The topological polar surface area (TPSA) is 20.2 Å². The summed E-state index contributed by atoms with van der Waals surface area (Å²) < 4.78 is 0. The van der Waals surface area contributed by atoms with E-state index in [9.17, 15) is 5.11 Å². The van der Waals surface area contributed by atoms with Crippen molar-refractivity contribution in [1.82, 2.24) is 0 Å². The highest BCUT2D eigenvalue weighted by Gasteiger charge is 2.12. The summed E-state index contributed by atoms with van der Waals surface area (Å²) in [5.74, 6) is 0. The van der Waals surface area contributed by atoms with Gasteiger partial charge in [-0.1, -0.05) is 78.4 Å². The molecule has 3 aromatic carbocycles. The third kappa shape index (κ3) is 2.95. The SMILES string of the molecule is Cc1ccc([C@H](O)c2ccc(-c3ccccc3)cc2)c(C)c1. The lowest BCUT2D eigenvalue weighted by Gasteiger charge is -2.15. The molecule has 0 aromatic heterocycles. The Labute approximate surface area is 131 Å². The largest absolute Gasteiger partial charge is 0.384 e. The van der Waals surface area contributed by atoms with Gasteiger partial charge in [0.2, 0.25) is 0 Å². The van der Waals surface area contributed by atoms with Crippen molar-refractivity contribution >= 4 is 0 Å². The van der Waals surface area contributed by atoms with Crippen molar-refractivity contribution in [3.63, 3.8) is 0 Å². The maximum Gasteiger partial charge on any atom is 0.104 e. The average molecular weight is 288 g/mol. The molecule has 0 fully saturated rings. The van der Waals surface area contributed by atoms with Gasteiger partial charge in [-0.15, -0.1) is 0 Å². The van der Waals surface area contributed by atoms with E-state index in [1.54, 1.807) is 0 Å². The first kappa shape index (κ1) is 14.6. The fourth-order valence-corrected chi connectivity index (χ4v) is 2.80. The van der Waals surface area contributed by atoms with Gasteiger partial charge in [0.1, 0.15) is 6.10 Å². The van der Waals surface area contributed by atoms with E-state index in [2.05, 4.69) is 37.3 Å². The first-order chi connectivity index (χ1) is 10.6.